The van der Waals surface area contributed by atoms with Gasteiger partial charge in [-0.25, -0.2) is 0 Å². The summed E-state index contributed by atoms with van der Waals surface area (Å²) >= 11 is 0. The quantitative estimate of drug-likeness (QED) is 0.309. The molecule has 2 saturated carbocycles. The van der Waals surface area contributed by atoms with Crippen LogP contribution in [-0.4, -0.2) is 109 Å². The maximum Gasteiger partial charge on any atom is 0.246 e. The van der Waals surface area contributed by atoms with Crippen LogP contribution in [0, 0.1) is 23.2 Å². The summed E-state index contributed by atoms with van der Waals surface area (Å²) in [7, 11) is 3.84. The Bertz CT molecular complexity index is 1460. The van der Waals surface area contributed by atoms with Crippen LogP contribution in [0.25, 0.3) is 0 Å². The number of fused-ring (bicyclic) bond motifs is 2. The number of amides is 1. The van der Waals surface area contributed by atoms with Gasteiger partial charge in [0.2, 0.25) is 5.91 Å². The lowest BCUT2D eigenvalue weighted by Crippen LogP contribution is -2.83. The number of nitrogens with one attached hydrogen (secondary N) is 2. The van der Waals surface area contributed by atoms with Gasteiger partial charge in [-0.2, -0.15) is 5.26 Å². The number of nitriles is 1. The first-order chi connectivity index (χ1) is 24.3. The summed E-state index contributed by atoms with van der Waals surface area (Å²) in [6, 6.07) is 8.54. The first kappa shape index (κ1) is 35.5. The van der Waals surface area contributed by atoms with E-state index in [-0.39, 0.29) is 42.2 Å². The zero-order valence-electron chi connectivity index (χ0n) is 30.0. The number of hydrogen-bond acceptors (Lipinski definition) is 10. The minimum absolute atomic E-state index is 0.0389. The summed E-state index contributed by atoms with van der Waals surface area (Å²) in [5.41, 5.74) is 0.466. The molecule has 4 aliphatic heterocycles. The third-order valence-electron chi connectivity index (χ3n) is 13.0. The van der Waals surface area contributed by atoms with Crippen LogP contribution < -0.4 is 15.4 Å². The minimum atomic E-state index is -0.923. The molecule has 1 spiro atoms. The number of Topliss-reactive ketones (excluding diaryl/α,β-unsaturated/α-hetero) is 1. The highest BCUT2D eigenvalue weighted by Crippen LogP contribution is 2.52. The topological polar surface area (TPSA) is 119 Å². The highest BCUT2D eigenvalue weighted by Gasteiger charge is 2.66. The van der Waals surface area contributed by atoms with Gasteiger partial charge in [-0.1, -0.05) is 38.3 Å². The van der Waals surface area contributed by atoms with Crippen molar-refractivity contribution in [1.82, 2.24) is 25.3 Å². The van der Waals surface area contributed by atoms with E-state index in [0.29, 0.717) is 51.7 Å². The van der Waals surface area contributed by atoms with E-state index in [2.05, 4.69) is 46.2 Å². The van der Waals surface area contributed by atoms with Gasteiger partial charge in [0.25, 0.3) is 0 Å². The van der Waals surface area contributed by atoms with Crippen molar-refractivity contribution >= 4 is 11.7 Å². The zero-order valence-corrected chi connectivity index (χ0v) is 30.0. The molecule has 6 aliphatic rings. The van der Waals surface area contributed by atoms with Crippen LogP contribution in [0.15, 0.2) is 30.9 Å². The molecule has 2 N–H and O–H groups in total. The number of likely N-dealkylation sites (tertiary alicyclic amines) is 1. The average molecular weight is 689 g/mol. The van der Waals surface area contributed by atoms with Gasteiger partial charge in [0.05, 0.1) is 50.6 Å². The Morgan fingerprint density at radius 1 is 1.10 bits per heavy atom. The molecule has 7 rings (SSSR count). The fourth-order valence-corrected chi connectivity index (χ4v) is 10.3. The first-order valence-electron chi connectivity index (χ1n) is 19.1. The molecule has 2 aliphatic carbocycles. The molecule has 7 atom stereocenters. The first-order valence-corrected chi connectivity index (χ1v) is 19.1. The Morgan fingerprint density at radius 3 is 2.64 bits per heavy atom. The summed E-state index contributed by atoms with van der Waals surface area (Å²) in [6.07, 6.45) is 11.7. The molecule has 1 aromatic carbocycles. The van der Waals surface area contributed by atoms with Crippen LogP contribution in [0.4, 0.5) is 0 Å². The molecule has 11 nitrogen and oxygen atoms in total. The van der Waals surface area contributed by atoms with Gasteiger partial charge in [0.15, 0.2) is 12.1 Å². The van der Waals surface area contributed by atoms with Crippen LogP contribution in [0.2, 0.25) is 0 Å². The second-order valence-electron chi connectivity index (χ2n) is 15.6. The molecular weight excluding hydrogens is 632 g/mol. The minimum Gasteiger partial charge on any atom is -0.497 e. The van der Waals surface area contributed by atoms with Crippen molar-refractivity contribution < 1.29 is 23.8 Å². The molecule has 4 heterocycles. The van der Waals surface area contributed by atoms with E-state index in [0.717, 1.165) is 68.4 Å². The molecule has 0 bridgehead atoms. The second kappa shape index (κ2) is 15.0. The molecule has 0 aromatic heterocycles. The van der Waals surface area contributed by atoms with Crippen LogP contribution in [0.1, 0.15) is 81.8 Å². The van der Waals surface area contributed by atoms with Gasteiger partial charge < -0.3 is 24.0 Å². The largest absolute Gasteiger partial charge is 0.497 e. The van der Waals surface area contributed by atoms with Crippen LogP contribution in [0.3, 0.4) is 0 Å². The third kappa shape index (κ3) is 6.52. The van der Waals surface area contributed by atoms with Crippen molar-refractivity contribution in [2.24, 2.45) is 11.8 Å². The summed E-state index contributed by atoms with van der Waals surface area (Å²) in [5, 5.41) is 17.6. The molecule has 5 fully saturated rings. The highest BCUT2D eigenvalue weighted by molar-refractivity contribution is 5.98. The van der Waals surface area contributed by atoms with Crippen molar-refractivity contribution in [1.29, 1.82) is 5.26 Å². The monoisotopic (exact) mass is 688 g/mol. The highest BCUT2D eigenvalue weighted by atomic mass is 16.5. The lowest BCUT2D eigenvalue weighted by atomic mass is 9.55. The van der Waals surface area contributed by atoms with Gasteiger partial charge in [0, 0.05) is 38.0 Å². The predicted molar refractivity (Wildman–Crippen MR) is 189 cm³/mol. The number of benzene rings is 1. The molecule has 1 amide bonds. The van der Waals surface area contributed by atoms with Crippen molar-refractivity contribution in [3.63, 3.8) is 0 Å². The smallest absolute Gasteiger partial charge is 0.246 e. The molecule has 50 heavy (non-hydrogen) atoms. The number of nitrogens with zero attached hydrogens (tertiary/aromatic N) is 4. The SMILES string of the molecule is C=CC(=O)N1CCN(C2NC(OCC3CCCN3C)NC3(C4CCCCCC4)C(=O)[C@]4(CCC23)Cc2ccc(OC)cc2CO4)CC1CC#N. The summed E-state index contributed by atoms with van der Waals surface area (Å²) in [5.74, 6) is 0.947. The second-order valence-corrected chi connectivity index (χ2v) is 15.6. The number of ether oxygens (including phenoxy) is 3. The molecule has 6 unspecified atom stereocenters. The normalized spacial score (nSPS) is 35.6. The lowest BCUT2D eigenvalue weighted by Gasteiger charge is -2.62. The van der Waals surface area contributed by atoms with E-state index >= 15 is 4.79 Å². The maximum absolute atomic E-state index is 15.8. The van der Waals surface area contributed by atoms with Crippen molar-refractivity contribution in [3.8, 4) is 11.8 Å². The Balaban J connectivity index is 1.26. The Morgan fingerprint density at radius 2 is 1.92 bits per heavy atom. The number of methoxy groups -OCH3 is 1. The van der Waals surface area contributed by atoms with E-state index in [1.807, 2.05) is 12.1 Å². The number of likely N-dealkylation sites (N-methyl/N-ethyl adjacent to an activating group) is 1. The van der Waals surface area contributed by atoms with Crippen molar-refractivity contribution in [2.45, 2.75) is 119 Å². The summed E-state index contributed by atoms with van der Waals surface area (Å²) in [6.45, 7) is 7.43. The van der Waals surface area contributed by atoms with Crippen molar-refractivity contribution in [3.05, 3.63) is 42.0 Å². The Hall–Kier alpha value is -2.85. The van der Waals surface area contributed by atoms with E-state index in [1.54, 1.807) is 12.0 Å². The fraction of sp³-hybridized carbons (Fsp3) is 0.718. The van der Waals surface area contributed by atoms with Gasteiger partial charge in [-0.3, -0.25) is 25.1 Å². The number of carbonyl (C=O) groups excluding carboxylic acids is 2. The van der Waals surface area contributed by atoms with Crippen molar-refractivity contribution in [2.75, 3.05) is 46.9 Å². The van der Waals surface area contributed by atoms with Crippen LogP contribution in [-0.2, 0) is 32.1 Å². The third-order valence-corrected chi connectivity index (χ3v) is 13.0. The standard InChI is InChI=1S/C39H56N6O5/c1-4-34(46)45-21-20-44(24-30(45)16-18-40)35-33-15-17-38(23-27-13-14-32(48-3)22-28(27)25-50-38)36(47)39(33,29-10-7-5-6-8-11-29)42-37(41-35)49-26-31-12-9-19-43(31)2/h4,13-14,22,29-31,33,35,37,41-42H,1,5-12,15-17,19-21,23-26H2,2-3H3/t30?,31?,33?,35?,37?,38-,39?/m0/s1. The van der Waals surface area contributed by atoms with E-state index in [1.165, 1.54) is 18.9 Å². The average Bonchev–Trinajstić information content (AvgIpc) is 3.36. The number of carbonyl (C=O) groups is 2. The van der Waals surface area contributed by atoms with Gasteiger partial charge in [-0.05, 0) is 87.4 Å². The molecule has 1 aromatic rings. The summed E-state index contributed by atoms with van der Waals surface area (Å²) in [4.78, 5) is 35.2. The molecule has 3 saturated heterocycles. The van der Waals surface area contributed by atoms with Gasteiger partial charge in [0.1, 0.15) is 11.4 Å². The van der Waals surface area contributed by atoms with Crippen LogP contribution in [0.5, 0.6) is 5.75 Å². The molecule has 272 valence electrons. The lowest BCUT2D eigenvalue weighted by molar-refractivity contribution is -0.196. The van der Waals surface area contributed by atoms with E-state index in [4.69, 9.17) is 14.2 Å². The number of ketones is 1. The van der Waals surface area contributed by atoms with Crippen LogP contribution >= 0.6 is 0 Å². The number of hydrogen-bond donors (Lipinski definition) is 2. The van der Waals surface area contributed by atoms with Gasteiger partial charge in [-0.15, -0.1) is 0 Å². The molecule has 11 heteroatoms. The Labute approximate surface area is 297 Å². The molecular formula is C39H56N6O5. The fourth-order valence-electron chi connectivity index (χ4n) is 10.3. The zero-order chi connectivity index (χ0) is 34.9. The van der Waals surface area contributed by atoms with E-state index < -0.39 is 17.5 Å². The summed E-state index contributed by atoms with van der Waals surface area (Å²) < 4.78 is 19.1. The maximum atomic E-state index is 15.8. The predicted octanol–water partition coefficient (Wildman–Crippen LogP) is 3.72. The number of rotatable bonds is 8. The van der Waals surface area contributed by atoms with Gasteiger partial charge >= 0.3 is 0 Å². The van der Waals surface area contributed by atoms with E-state index in [9.17, 15) is 10.1 Å². The Kier molecular flexibility index (Phi) is 10.7. The number of piperazine rings is 1. The molecule has 0 radical (unpaired) electrons.